The van der Waals surface area contributed by atoms with E-state index in [0.29, 0.717) is 0 Å². The summed E-state index contributed by atoms with van der Waals surface area (Å²) in [5.41, 5.74) is 1.70. The number of alkyl carbamates (subject to hydrolysis) is 1. The van der Waals surface area contributed by atoms with Crippen LogP contribution in [-0.2, 0) is 27.4 Å². The van der Waals surface area contributed by atoms with Gasteiger partial charge in [-0.05, 0) is 44.7 Å². The van der Waals surface area contributed by atoms with E-state index in [4.69, 9.17) is 9.47 Å². The zero-order valence-electron chi connectivity index (χ0n) is 16.5. The van der Waals surface area contributed by atoms with Crippen LogP contribution in [0.2, 0.25) is 0 Å². The second-order valence-electron chi connectivity index (χ2n) is 7.82. The van der Waals surface area contributed by atoms with E-state index in [1.54, 1.807) is 0 Å². The maximum atomic E-state index is 11.9. The summed E-state index contributed by atoms with van der Waals surface area (Å²) in [5.74, 6) is -0.415. The lowest BCUT2D eigenvalue weighted by Gasteiger charge is -2.32. The molecule has 1 aromatic carbocycles. The Balaban J connectivity index is 1.73. The molecule has 0 aromatic heterocycles. The van der Waals surface area contributed by atoms with Crippen LogP contribution in [0.1, 0.15) is 44.7 Å². The molecule has 1 aliphatic rings. The lowest BCUT2D eigenvalue weighted by Crippen LogP contribution is -2.45. The van der Waals surface area contributed by atoms with Gasteiger partial charge in [-0.25, -0.2) is 9.59 Å². The average molecular weight is 374 g/mol. The third-order valence-electron chi connectivity index (χ3n) is 4.29. The molecule has 0 spiro atoms. The van der Waals surface area contributed by atoms with E-state index in [1.165, 1.54) is 5.56 Å². The summed E-state index contributed by atoms with van der Waals surface area (Å²) in [4.78, 5) is 25.3. The predicted molar refractivity (Wildman–Crippen MR) is 104 cm³/mol. The molecule has 1 amide bonds. The van der Waals surface area contributed by atoms with E-state index in [0.717, 1.165) is 44.1 Å². The normalized spacial score (nSPS) is 15.8. The molecule has 1 N–H and O–H groups in total. The first-order valence-corrected chi connectivity index (χ1v) is 9.34. The fourth-order valence-corrected chi connectivity index (χ4v) is 2.92. The third-order valence-corrected chi connectivity index (χ3v) is 4.29. The van der Waals surface area contributed by atoms with Crippen LogP contribution in [0.5, 0.6) is 0 Å². The first kappa shape index (κ1) is 21.0. The zero-order chi connectivity index (χ0) is 19.9. The van der Waals surface area contributed by atoms with Crippen LogP contribution in [0.15, 0.2) is 36.9 Å². The first-order chi connectivity index (χ1) is 12.7. The fraction of sp³-hybridized carbons (Fsp3) is 0.524. The maximum absolute atomic E-state index is 11.9. The van der Waals surface area contributed by atoms with Gasteiger partial charge >= 0.3 is 12.1 Å². The first-order valence-electron chi connectivity index (χ1n) is 9.34. The summed E-state index contributed by atoms with van der Waals surface area (Å²) in [7, 11) is 0. The largest absolute Gasteiger partial charge is 0.458 e. The topological polar surface area (TPSA) is 67.9 Å². The highest BCUT2D eigenvalue weighted by Gasteiger charge is 2.23. The molecule has 1 saturated heterocycles. The van der Waals surface area contributed by atoms with Gasteiger partial charge in [-0.15, -0.1) is 0 Å². The summed E-state index contributed by atoms with van der Waals surface area (Å²) in [6, 6.07) is 8.23. The fourth-order valence-electron chi connectivity index (χ4n) is 2.92. The SMILES string of the molecule is C=CC(=O)OCc1ccc(CN2CCC(NC(=O)OC(C)(C)C)CC2)cc1. The monoisotopic (exact) mass is 374 g/mol. The Labute approximate surface area is 161 Å². The highest BCUT2D eigenvalue weighted by molar-refractivity contribution is 5.81. The van der Waals surface area contributed by atoms with Gasteiger partial charge in [0.25, 0.3) is 0 Å². The number of carbonyl (C=O) groups is 2. The summed E-state index contributed by atoms with van der Waals surface area (Å²) in [6.07, 6.45) is 2.65. The van der Waals surface area contributed by atoms with E-state index < -0.39 is 11.6 Å². The number of hydrogen-bond donors (Lipinski definition) is 1. The van der Waals surface area contributed by atoms with Crippen molar-refractivity contribution >= 4 is 12.1 Å². The lowest BCUT2D eigenvalue weighted by atomic mass is 10.0. The highest BCUT2D eigenvalue weighted by Crippen LogP contribution is 2.16. The molecule has 0 atom stereocenters. The van der Waals surface area contributed by atoms with Crippen molar-refractivity contribution in [3.05, 3.63) is 48.0 Å². The van der Waals surface area contributed by atoms with Gasteiger partial charge in [0, 0.05) is 31.8 Å². The van der Waals surface area contributed by atoms with Crippen molar-refractivity contribution in [3.63, 3.8) is 0 Å². The second-order valence-corrected chi connectivity index (χ2v) is 7.82. The number of carbonyl (C=O) groups excluding carboxylic acids is 2. The molecular formula is C21H30N2O4. The van der Waals surface area contributed by atoms with Crippen LogP contribution >= 0.6 is 0 Å². The Hall–Kier alpha value is -2.34. The number of likely N-dealkylation sites (tertiary alicyclic amines) is 1. The zero-order valence-corrected chi connectivity index (χ0v) is 16.5. The molecular weight excluding hydrogens is 344 g/mol. The summed E-state index contributed by atoms with van der Waals surface area (Å²) in [6.45, 7) is 12.0. The van der Waals surface area contributed by atoms with Crippen molar-refractivity contribution in [2.24, 2.45) is 0 Å². The van der Waals surface area contributed by atoms with Crippen LogP contribution in [0.4, 0.5) is 4.79 Å². The molecule has 2 rings (SSSR count). The number of ether oxygens (including phenoxy) is 2. The van der Waals surface area contributed by atoms with Gasteiger partial charge in [0.2, 0.25) is 0 Å². The lowest BCUT2D eigenvalue weighted by molar-refractivity contribution is -0.138. The van der Waals surface area contributed by atoms with Crippen molar-refractivity contribution in [1.82, 2.24) is 10.2 Å². The van der Waals surface area contributed by atoms with Crippen molar-refractivity contribution in [2.45, 2.75) is 58.4 Å². The van der Waals surface area contributed by atoms with Gasteiger partial charge in [0.15, 0.2) is 0 Å². The van der Waals surface area contributed by atoms with Crippen LogP contribution < -0.4 is 5.32 Å². The molecule has 1 aliphatic heterocycles. The standard InChI is InChI=1S/C21H30N2O4/c1-5-19(24)26-15-17-8-6-16(7-9-17)14-23-12-10-18(11-13-23)22-20(25)27-21(2,3)4/h5-9,18H,1,10-15H2,2-4H3,(H,22,25). The van der Waals surface area contributed by atoms with Gasteiger partial charge in [0.05, 0.1) is 0 Å². The van der Waals surface area contributed by atoms with Crippen molar-refractivity contribution < 1.29 is 19.1 Å². The van der Waals surface area contributed by atoms with Crippen LogP contribution in [0.3, 0.4) is 0 Å². The Bertz CT molecular complexity index is 641. The van der Waals surface area contributed by atoms with Crippen molar-refractivity contribution in [1.29, 1.82) is 0 Å². The molecule has 0 unspecified atom stereocenters. The number of piperidine rings is 1. The molecule has 1 heterocycles. The predicted octanol–water partition coefficient (Wildman–Crippen LogP) is 3.40. The minimum Gasteiger partial charge on any atom is -0.458 e. The summed E-state index contributed by atoms with van der Waals surface area (Å²) < 4.78 is 10.3. The molecule has 6 heteroatoms. The van der Waals surface area contributed by atoms with E-state index in [2.05, 4.69) is 28.9 Å². The van der Waals surface area contributed by atoms with Gasteiger partial charge in [-0.2, -0.15) is 0 Å². The van der Waals surface area contributed by atoms with E-state index in [9.17, 15) is 9.59 Å². The Morgan fingerprint density at radius 2 is 1.78 bits per heavy atom. The molecule has 1 fully saturated rings. The number of nitrogens with zero attached hydrogens (tertiary/aromatic N) is 1. The molecule has 148 valence electrons. The number of amides is 1. The smallest absolute Gasteiger partial charge is 0.407 e. The van der Waals surface area contributed by atoms with E-state index >= 15 is 0 Å². The molecule has 0 radical (unpaired) electrons. The third kappa shape index (κ3) is 7.83. The number of hydrogen-bond acceptors (Lipinski definition) is 5. The second kappa shape index (κ2) is 9.55. The van der Waals surface area contributed by atoms with E-state index in [1.807, 2.05) is 32.9 Å². The molecule has 6 nitrogen and oxygen atoms in total. The van der Waals surface area contributed by atoms with E-state index in [-0.39, 0.29) is 18.7 Å². The van der Waals surface area contributed by atoms with Crippen LogP contribution in [0.25, 0.3) is 0 Å². The van der Waals surface area contributed by atoms with Crippen molar-refractivity contribution in [2.75, 3.05) is 13.1 Å². The number of rotatable bonds is 6. The Morgan fingerprint density at radius 1 is 1.19 bits per heavy atom. The number of nitrogens with one attached hydrogen (secondary N) is 1. The Morgan fingerprint density at radius 3 is 2.33 bits per heavy atom. The van der Waals surface area contributed by atoms with Gasteiger partial charge in [-0.1, -0.05) is 30.8 Å². The molecule has 0 saturated carbocycles. The van der Waals surface area contributed by atoms with Crippen LogP contribution in [-0.4, -0.2) is 41.7 Å². The summed E-state index contributed by atoms with van der Waals surface area (Å²) in [5, 5.41) is 2.96. The maximum Gasteiger partial charge on any atom is 0.407 e. The van der Waals surface area contributed by atoms with Gasteiger partial charge in [0.1, 0.15) is 12.2 Å². The number of esters is 1. The molecule has 27 heavy (non-hydrogen) atoms. The minimum absolute atomic E-state index is 0.165. The average Bonchev–Trinajstić information content (AvgIpc) is 2.61. The minimum atomic E-state index is -0.471. The van der Waals surface area contributed by atoms with Gasteiger partial charge < -0.3 is 14.8 Å². The molecule has 0 bridgehead atoms. The van der Waals surface area contributed by atoms with Gasteiger partial charge in [-0.3, -0.25) is 4.90 Å². The Kier molecular flexibility index (Phi) is 7.42. The highest BCUT2D eigenvalue weighted by atomic mass is 16.6. The quantitative estimate of drug-likeness (QED) is 0.610. The van der Waals surface area contributed by atoms with Crippen molar-refractivity contribution in [3.8, 4) is 0 Å². The summed E-state index contributed by atoms with van der Waals surface area (Å²) >= 11 is 0. The van der Waals surface area contributed by atoms with Crippen LogP contribution in [0, 0.1) is 0 Å². The molecule has 0 aliphatic carbocycles. The molecule has 1 aromatic rings. The number of benzene rings is 1.